The van der Waals surface area contributed by atoms with Crippen LogP contribution >= 0.6 is 0 Å². The number of hydrogen-bond donors (Lipinski definition) is 1. The van der Waals surface area contributed by atoms with Crippen LogP contribution in [-0.4, -0.2) is 40.4 Å². The third kappa shape index (κ3) is 7.80. The van der Waals surface area contributed by atoms with E-state index in [1.807, 2.05) is 0 Å². The van der Waals surface area contributed by atoms with E-state index in [1.54, 1.807) is 0 Å². The van der Waals surface area contributed by atoms with Crippen molar-refractivity contribution in [1.82, 2.24) is 0 Å². The van der Waals surface area contributed by atoms with Gasteiger partial charge in [-0.3, -0.25) is 4.79 Å². The minimum absolute atomic E-state index is 0.0354. The molecule has 0 aromatic heterocycles. The molecule has 0 saturated heterocycles. The molecule has 1 N–H and O–H groups in total. The number of aliphatic carboxylic acids is 1. The molecular formula is C18H40O4Si2. The van der Waals surface area contributed by atoms with Crippen LogP contribution in [0.5, 0.6) is 0 Å². The standard InChI is InChI=1S/C18H40O4Si2/c1-17(2,3)23(7,8)21-14-13-15(11-12-16(19)20)22-24(9,10)18(4,5)6/h15H,11-14H2,1-10H3,(H,19,20)/t15-/m0/s1. The Morgan fingerprint density at radius 3 is 1.75 bits per heavy atom. The summed E-state index contributed by atoms with van der Waals surface area (Å²) in [4.78, 5) is 11.0. The molecule has 0 radical (unpaired) electrons. The van der Waals surface area contributed by atoms with Gasteiger partial charge in [0, 0.05) is 19.1 Å². The molecule has 0 fully saturated rings. The van der Waals surface area contributed by atoms with E-state index in [0.29, 0.717) is 13.0 Å². The fraction of sp³-hybridized carbons (Fsp3) is 0.944. The van der Waals surface area contributed by atoms with Gasteiger partial charge < -0.3 is 14.0 Å². The molecule has 0 aliphatic carbocycles. The van der Waals surface area contributed by atoms with Crippen LogP contribution < -0.4 is 0 Å². The Bertz CT molecular complexity index is 406. The zero-order valence-electron chi connectivity index (χ0n) is 17.6. The van der Waals surface area contributed by atoms with E-state index < -0.39 is 22.6 Å². The Hall–Kier alpha value is -0.176. The minimum atomic E-state index is -1.91. The second-order valence-corrected chi connectivity index (χ2v) is 19.4. The summed E-state index contributed by atoms with van der Waals surface area (Å²) in [6.45, 7) is 22.9. The quantitative estimate of drug-likeness (QED) is 0.528. The molecule has 0 aromatic rings. The molecule has 4 nitrogen and oxygen atoms in total. The first-order chi connectivity index (χ1) is 10.5. The Balaban J connectivity index is 4.83. The molecule has 0 amide bonds. The zero-order valence-corrected chi connectivity index (χ0v) is 19.6. The molecule has 24 heavy (non-hydrogen) atoms. The first kappa shape index (κ1) is 23.8. The van der Waals surface area contributed by atoms with Gasteiger partial charge in [0.25, 0.3) is 0 Å². The van der Waals surface area contributed by atoms with Gasteiger partial charge in [-0.05, 0) is 49.1 Å². The molecule has 0 spiro atoms. The van der Waals surface area contributed by atoms with Crippen LogP contribution in [0.3, 0.4) is 0 Å². The maximum Gasteiger partial charge on any atom is 0.303 e. The summed E-state index contributed by atoms with van der Waals surface area (Å²) in [5.41, 5.74) is 0. The second-order valence-electron chi connectivity index (χ2n) is 9.83. The Labute approximate surface area is 151 Å². The Kier molecular flexibility index (Phi) is 8.41. The molecular weight excluding hydrogens is 336 g/mol. The average Bonchev–Trinajstić information content (AvgIpc) is 2.32. The van der Waals surface area contributed by atoms with Crippen LogP contribution in [0, 0.1) is 0 Å². The van der Waals surface area contributed by atoms with Gasteiger partial charge in [-0.1, -0.05) is 41.5 Å². The highest BCUT2D eigenvalue weighted by Gasteiger charge is 2.40. The molecule has 0 aliphatic rings. The van der Waals surface area contributed by atoms with Gasteiger partial charge in [0.05, 0.1) is 0 Å². The summed E-state index contributed by atoms with van der Waals surface area (Å²) in [6, 6.07) is 0. The lowest BCUT2D eigenvalue weighted by Gasteiger charge is -2.40. The van der Waals surface area contributed by atoms with Gasteiger partial charge in [-0.2, -0.15) is 0 Å². The fourth-order valence-corrected chi connectivity index (χ4v) is 4.29. The van der Waals surface area contributed by atoms with Gasteiger partial charge in [-0.15, -0.1) is 0 Å². The van der Waals surface area contributed by atoms with E-state index >= 15 is 0 Å². The first-order valence-electron chi connectivity index (χ1n) is 9.03. The maximum atomic E-state index is 11.0. The summed E-state index contributed by atoms with van der Waals surface area (Å²) in [5, 5.41) is 9.32. The monoisotopic (exact) mass is 376 g/mol. The highest BCUT2D eigenvalue weighted by Crippen LogP contribution is 2.39. The normalized spacial score (nSPS) is 15.4. The van der Waals surface area contributed by atoms with Crippen molar-refractivity contribution in [3.05, 3.63) is 0 Å². The predicted molar refractivity (Wildman–Crippen MR) is 107 cm³/mol. The van der Waals surface area contributed by atoms with Gasteiger partial charge in [0.15, 0.2) is 16.6 Å². The summed E-state index contributed by atoms with van der Waals surface area (Å²) >= 11 is 0. The highest BCUT2D eigenvalue weighted by atomic mass is 28.4. The van der Waals surface area contributed by atoms with E-state index in [0.717, 1.165) is 6.42 Å². The highest BCUT2D eigenvalue weighted by molar-refractivity contribution is 6.74. The number of hydrogen-bond acceptors (Lipinski definition) is 3. The topological polar surface area (TPSA) is 55.8 Å². The first-order valence-corrected chi connectivity index (χ1v) is 14.8. The molecule has 0 rings (SSSR count). The number of rotatable bonds is 9. The number of carboxylic acid groups (broad SMARTS) is 1. The van der Waals surface area contributed by atoms with Crippen LogP contribution in [0.4, 0.5) is 0 Å². The molecule has 0 aliphatic heterocycles. The summed E-state index contributed by atoms with van der Waals surface area (Å²) in [6.07, 6.45) is 1.45. The van der Waals surface area contributed by atoms with Crippen molar-refractivity contribution in [3.63, 3.8) is 0 Å². The van der Waals surface area contributed by atoms with Crippen molar-refractivity contribution in [1.29, 1.82) is 0 Å². The van der Waals surface area contributed by atoms with Crippen LogP contribution in [0.1, 0.15) is 60.8 Å². The van der Waals surface area contributed by atoms with Crippen molar-refractivity contribution < 1.29 is 18.8 Å². The lowest BCUT2D eigenvalue weighted by molar-refractivity contribution is -0.137. The van der Waals surface area contributed by atoms with Crippen LogP contribution in [0.2, 0.25) is 36.3 Å². The van der Waals surface area contributed by atoms with Gasteiger partial charge in [0.1, 0.15) is 0 Å². The van der Waals surface area contributed by atoms with Gasteiger partial charge >= 0.3 is 5.97 Å². The number of carboxylic acids is 1. The predicted octanol–water partition coefficient (Wildman–Crippen LogP) is 5.65. The van der Waals surface area contributed by atoms with Gasteiger partial charge in [-0.25, -0.2) is 0 Å². The third-order valence-corrected chi connectivity index (χ3v) is 14.7. The zero-order chi connectivity index (χ0) is 19.4. The van der Waals surface area contributed by atoms with Crippen molar-refractivity contribution in [2.45, 2.75) is 103 Å². The van der Waals surface area contributed by atoms with Crippen LogP contribution in [-0.2, 0) is 13.6 Å². The lowest BCUT2D eigenvalue weighted by atomic mass is 10.1. The third-order valence-electron chi connectivity index (χ3n) is 5.66. The SMILES string of the molecule is CC(C)(C)[Si](C)(C)OCC[C@H](CCC(=O)O)O[Si](C)(C)C(C)(C)C. The molecule has 0 unspecified atom stereocenters. The van der Waals surface area contributed by atoms with E-state index in [-0.39, 0.29) is 22.6 Å². The molecule has 6 heteroatoms. The summed E-state index contributed by atoms with van der Waals surface area (Å²) in [5.74, 6) is -0.760. The fourth-order valence-electron chi connectivity index (χ4n) is 1.80. The van der Waals surface area contributed by atoms with Crippen molar-refractivity contribution in [3.8, 4) is 0 Å². The molecule has 0 saturated carbocycles. The average molecular weight is 377 g/mol. The minimum Gasteiger partial charge on any atom is -0.481 e. The van der Waals surface area contributed by atoms with Crippen molar-refractivity contribution >= 4 is 22.6 Å². The molecule has 0 bridgehead atoms. The number of carbonyl (C=O) groups is 1. The van der Waals surface area contributed by atoms with E-state index in [2.05, 4.69) is 67.7 Å². The summed E-state index contributed by atoms with van der Waals surface area (Å²) in [7, 11) is -3.68. The van der Waals surface area contributed by atoms with Crippen LogP contribution in [0.15, 0.2) is 0 Å². The lowest BCUT2D eigenvalue weighted by Crippen LogP contribution is -2.45. The van der Waals surface area contributed by atoms with E-state index in [1.165, 1.54) is 0 Å². The molecule has 144 valence electrons. The van der Waals surface area contributed by atoms with E-state index in [9.17, 15) is 4.79 Å². The maximum absolute atomic E-state index is 11.0. The van der Waals surface area contributed by atoms with Crippen molar-refractivity contribution in [2.24, 2.45) is 0 Å². The molecule has 0 heterocycles. The summed E-state index contributed by atoms with van der Waals surface area (Å²) < 4.78 is 12.7. The smallest absolute Gasteiger partial charge is 0.303 e. The molecule has 1 atom stereocenters. The molecule has 0 aromatic carbocycles. The van der Waals surface area contributed by atoms with Crippen LogP contribution in [0.25, 0.3) is 0 Å². The Morgan fingerprint density at radius 1 is 0.917 bits per heavy atom. The van der Waals surface area contributed by atoms with Gasteiger partial charge in [0.2, 0.25) is 0 Å². The van der Waals surface area contributed by atoms with Crippen molar-refractivity contribution in [2.75, 3.05) is 6.61 Å². The second kappa shape index (κ2) is 8.47. The van der Waals surface area contributed by atoms with E-state index in [4.69, 9.17) is 14.0 Å². The largest absolute Gasteiger partial charge is 0.481 e. The Morgan fingerprint density at radius 2 is 1.38 bits per heavy atom.